The molecule has 3 rings (SSSR count). The monoisotopic (exact) mass is 706 g/mol. The lowest BCUT2D eigenvalue weighted by Crippen LogP contribution is -2.67. The van der Waals surface area contributed by atoms with Crippen LogP contribution in [0.15, 0.2) is 91.0 Å². The molecular formula is C40H62O5Si3. The fraction of sp³-hybridized carbons (Fsp3) is 0.525. The van der Waals surface area contributed by atoms with Crippen LogP contribution >= 0.6 is 0 Å². The molecule has 0 aliphatic rings. The third-order valence-corrected chi connectivity index (χ3v) is 20.3. The molecule has 0 saturated carbocycles. The molecule has 0 bridgehead atoms. The summed E-state index contributed by atoms with van der Waals surface area (Å²) < 4.78 is 28.6. The highest BCUT2D eigenvalue weighted by Crippen LogP contribution is 2.41. The first-order valence-electron chi connectivity index (χ1n) is 17.5. The Bertz CT molecular complexity index is 1360. The largest absolute Gasteiger partial charge is 0.411 e. The maximum Gasteiger partial charge on any atom is 0.261 e. The Morgan fingerprint density at radius 1 is 0.688 bits per heavy atom. The van der Waals surface area contributed by atoms with Gasteiger partial charge in [-0.05, 0) is 72.1 Å². The second-order valence-electron chi connectivity index (χ2n) is 16.8. The predicted molar refractivity (Wildman–Crippen MR) is 209 cm³/mol. The number of ether oxygens (including phenoxy) is 1. The Morgan fingerprint density at radius 2 is 1.17 bits per heavy atom. The number of carbonyl (C=O) groups excluding carboxylic acids is 1. The van der Waals surface area contributed by atoms with Crippen molar-refractivity contribution >= 4 is 41.6 Å². The van der Waals surface area contributed by atoms with Gasteiger partial charge in [0.25, 0.3) is 8.32 Å². The summed E-state index contributed by atoms with van der Waals surface area (Å²) in [7, 11) is -7.22. The number of hydrogen-bond acceptors (Lipinski definition) is 5. The zero-order valence-corrected chi connectivity index (χ0v) is 34.8. The van der Waals surface area contributed by atoms with Gasteiger partial charge in [0.15, 0.2) is 16.6 Å². The van der Waals surface area contributed by atoms with E-state index in [0.717, 1.165) is 11.8 Å². The van der Waals surface area contributed by atoms with Gasteiger partial charge < -0.3 is 22.8 Å². The van der Waals surface area contributed by atoms with Crippen molar-refractivity contribution in [1.82, 2.24) is 0 Å². The van der Waals surface area contributed by atoms with Gasteiger partial charge in [0.05, 0.1) is 18.3 Å². The number of aldehydes is 1. The standard InChI is InChI=1S/C40H62O5Si3/c1-38(2,3)47(11,12)44-36(37(42-32-33-22-16-13-17-23-33)40(7,29-30-41)45-46(8,9)10)28-31-43-48(39(4,5)6,34-24-18-14-19-25-34)35-26-20-15-21-27-35/h13-27,30,36-37H,28-29,31-32H2,1-12H3/t36-,37-,40+/m0/s1. The van der Waals surface area contributed by atoms with Gasteiger partial charge in [-0.25, -0.2) is 0 Å². The van der Waals surface area contributed by atoms with Gasteiger partial charge in [0.1, 0.15) is 12.4 Å². The molecule has 0 spiro atoms. The zero-order chi connectivity index (χ0) is 35.9. The quantitative estimate of drug-likeness (QED) is 0.104. The van der Waals surface area contributed by atoms with Crippen LogP contribution in [0.5, 0.6) is 0 Å². The first-order chi connectivity index (χ1) is 22.3. The first kappa shape index (κ1) is 40.3. The van der Waals surface area contributed by atoms with Gasteiger partial charge in [0, 0.05) is 13.0 Å². The van der Waals surface area contributed by atoms with E-state index in [9.17, 15) is 4.79 Å². The van der Waals surface area contributed by atoms with Crippen molar-refractivity contribution in [2.75, 3.05) is 6.61 Å². The zero-order valence-electron chi connectivity index (χ0n) is 31.8. The molecule has 48 heavy (non-hydrogen) atoms. The summed E-state index contributed by atoms with van der Waals surface area (Å²) in [5, 5.41) is 2.31. The smallest absolute Gasteiger partial charge is 0.261 e. The minimum atomic E-state index is -2.78. The molecule has 0 aliphatic carbocycles. The van der Waals surface area contributed by atoms with Gasteiger partial charge >= 0.3 is 0 Å². The Balaban J connectivity index is 2.14. The van der Waals surface area contributed by atoms with Crippen molar-refractivity contribution in [1.29, 1.82) is 0 Å². The average Bonchev–Trinajstić information content (AvgIpc) is 2.98. The van der Waals surface area contributed by atoms with E-state index in [1.165, 1.54) is 10.4 Å². The molecule has 264 valence electrons. The molecule has 0 aromatic heterocycles. The summed E-state index contributed by atoms with van der Waals surface area (Å²) in [6, 6.07) is 31.7. The predicted octanol–water partition coefficient (Wildman–Crippen LogP) is 9.13. The van der Waals surface area contributed by atoms with E-state index in [1.807, 2.05) is 25.1 Å². The number of rotatable bonds is 17. The summed E-state index contributed by atoms with van der Waals surface area (Å²) in [4.78, 5) is 12.4. The molecule has 3 aromatic carbocycles. The van der Waals surface area contributed by atoms with Crippen molar-refractivity contribution in [2.45, 2.75) is 129 Å². The number of carbonyl (C=O) groups is 1. The molecule has 0 aliphatic heterocycles. The third-order valence-electron chi connectivity index (χ3n) is 9.63. The van der Waals surface area contributed by atoms with Crippen LogP contribution in [-0.4, -0.2) is 55.7 Å². The van der Waals surface area contributed by atoms with Crippen molar-refractivity contribution in [3.8, 4) is 0 Å². The molecule has 0 fully saturated rings. The van der Waals surface area contributed by atoms with E-state index < -0.39 is 36.7 Å². The van der Waals surface area contributed by atoms with Gasteiger partial charge in [0.2, 0.25) is 0 Å². The van der Waals surface area contributed by atoms with E-state index in [0.29, 0.717) is 19.6 Å². The molecule has 0 saturated heterocycles. The van der Waals surface area contributed by atoms with Gasteiger partial charge in [-0.1, -0.05) is 133 Å². The molecule has 0 heterocycles. The van der Waals surface area contributed by atoms with Gasteiger partial charge in [-0.3, -0.25) is 0 Å². The molecule has 0 amide bonds. The molecule has 3 atom stereocenters. The van der Waals surface area contributed by atoms with Crippen LogP contribution < -0.4 is 10.4 Å². The van der Waals surface area contributed by atoms with E-state index in [-0.39, 0.29) is 22.6 Å². The molecule has 0 unspecified atom stereocenters. The fourth-order valence-electron chi connectivity index (χ4n) is 6.43. The van der Waals surface area contributed by atoms with Crippen LogP contribution in [0.4, 0.5) is 0 Å². The number of benzene rings is 3. The summed E-state index contributed by atoms with van der Waals surface area (Å²) >= 11 is 0. The maximum absolute atomic E-state index is 12.4. The van der Waals surface area contributed by atoms with Crippen molar-refractivity contribution in [3.63, 3.8) is 0 Å². The van der Waals surface area contributed by atoms with Gasteiger partial charge in [-0.15, -0.1) is 0 Å². The first-order valence-corrected chi connectivity index (χ1v) is 25.7. The average molecular weight is 707 g/mol. The number of hydrogen-bond donors (Lipinski definition) is 0. The molecular weight excluding hydrogens is 645 g/mol. The van der Waals surface area contributed by atoms with Crippen LogP contribution in [0.3, 0.4) is 0 Å². The second-order valence-corrected chi connectivity index (χ2v) is 30.3. The fourth-order valence-corrected chi connectivity index (χ4v) is 14.0. The van der Waals surface area contributed by atoms with Crippen LogP contribution in [0.1, 0.15) is 66.9 Å². The lowest BCUT2D eigenvalue weighted by atomic mass is 9.90. The normalized spacial score (nSPS) is 15.8. The third kappa shape index (κ3) is 10.2. The van der Waals surface area contributed by atoms with Crippen LogP contribution in [0.2, 0.25) is 42.8 Å². The Labute approximate surface area is 295 Å². The van der Waals surface area contributed by atoms with E-state index >= 15 is 0 Å². The maximum atomic E-state index is 12.4. The highest BCUT2D eigenvalue weighted by atomic mass is 28.4. The summed E-state index contributed by atoms with van der Waals surface area (Å²) in [6.45, 7) is 27.7. The Morgan fingerprint density at radius 3 is 1.58 bits per heavy atom. The van der Waals surface area contributed by atoms with Crippen molar-refractivity contribution in [3.05, 3.63) is 96.6 Å². The highest BCUT2D eigenvalue weighted by Gasteiger charge is 2.52. The topological polar surface area (TPSA) is 54.0 Å². The molecule has 8 heteroatoms. The lowest BCUT2D eigenvalue weighted by molar-refractivity contribution is -0.149. The van der Waals surface area contributed by atoms with E-state index in [2.05, 4.69) is 147 Å². The Kier molecular flexibility index (Phi) is 13.6. The lowest BCUT2D eigenvalue weighted by Gasteiger charge is -2.48. The highest BCUT2D eigenvalue weighted by molar-refractivity contribution is 6.99. The summed E-state index contributed by atoms with van der Waals surface area (Å²) in [6.07, 6.45) is 0.908. The minimum Gasteiger partial charge on any atom is -0.411 e. The molecule has 0 radical (unpaired) electrons. The molecule has 5 nitrogen and oxygen atoms in total. The summed E-state index contributed by atoms with van der Waals surface area (Å²) in [5.74, 6) is 0. The van der Waals surface area contributed by atoms with Crippen molar-refractivity contribution in [2.24, 2.45) is 0 Å². The Hall–Kier alpha value is -2.18. The second kappa shape index (κ2) is 16.2. The van der Waals surface area contributed by atoms with Gasteiger partial charge in [-0.2, -0.15) is 0 Å². The molecule has 3 aromatic rings. The SMILES string of the molecule is CC(C)(C)[Si](C)(C)O[C@@H](CCO[Si](c1ccccc1)(c1ccccc1)C(C)(C)C)[C@H](OCc1ccccc1)[C@@](C)(CC=O)O[Si](C)(C)C. The van der Waals surface area contributed by atoms with Crippen LogP contribution in [0, 0.1) is 0 Å². The van der Waals surface area contributed by atoms with Crippen molar-refractivity contribution < 1.29 is 22.8 Å². The van der Waals surface area contributed by atoms with E-state index in [4.69, 9.17) is 18.0 Å². The minimum absolute atomic E-state index is 0.0330. The van der Waals surface area contributed by atoms with Crippen LogP contribution in [-0.2, 0) is 29.4 Å². The van der Waals surface area contributed by atoms with E-state index in [1.54, 1.807) is 0 Å². The summed E-state index contributed by atoms with van der Waals surface area (Å²) in [5.41, 5.74) is 0.185. The molecule has 0 N–H and O–H groups in total. The van der Waals surface area contributed by atoms with Crippen LogP contribution in [0.25, 0.3) is 0 Å².